The lowest BCUT2D eigenvalue weighted by Gasteiger charge is -2.19. The van der Waals surface area contributed by atoms with Crippen LogP contribution in [0.1, 0.15) is 13.8 Å². The Kier molecular flexibility index (Phi) is 1.93. The van der Waals surface area contributed by atoms with Crippen LogP contribution in [0, 0.1) is 0 Å². The van der Waals surface area contributed by atoms with Gasteiger partial charge in [0.25, 0.3) is 0 Å². The molecule has 1 saturated heterocycles. The molecule has 0 aromatic heterocycles. The normalized spacial score (nSPS) is 30.8. The van der Waals surface area contributed by atoms with Crippen LogP contribution in [0.25, 0.3) is 0 Å². The quantitative estimate of drug-likeness (QED) is 0.575. The Hall–Kier alpha value is -0.760. The Morgan fingerprint density at radius 1 is 1.58 bits per heavy atom. The van der Waals surface area contributed by atoms with Gasteiger partial charge in [-0.15, -0.1) is 0 Å². The number of hydrogen-bond donors (Lipinski definition) is 0. The highest BCUT2D eigenvalue weighted by molar-refractivity contribution is 5.26. The third-order valence-electron chi connectivity index (χ3n) is 2.49. The van der Waals surface area contributed by atoms with Gasteiger partial charge in [0.2, 0.25) is 0 Å². The van der Waals surface area contributed by atoms with Crippen molar-refractivity contribution in [3.05, 3.63) is 24.0 Å². The fraction of sp³-hybridized carbons (Fsp3) is 0.600. The molecule has 2 nitrogen and oxygen atoms in total. The van der Waals surface area contributed by atoms with Crippen molar-refractivity contribution in [2.75, 3.05) is 13.1 Å². The van der Waals surface area contributed by atoms with E-state index >= 15 is 0 Å². The monoisotopic (exact) mass is 165 g/mol. The second kappa shape index (κ2) is 2.94. The third kappa shape index (κ3) is 1.53. The molecule has 0 aliphatic carbocycles. The van der Waals surface area contributed by atoms with Gasteiger partial charge in [-0.3, -0.25) is 4.90 Å². The van der Waals surface area contributed by atoms with Crippen LogP contribution in [0.4, 0.5) is 0 Å². The van der Waals surface area contributed by atoms with E-state index in [0.29, 0.717) is 6.04 Å². The van der Waals surface area contributed by atoms with Crippen molar-refractivity contribution in [2.45, 2.75) is 26.0 Å². The van der Waals surface area contributed by atoms with Crippen LogP contribution < -0.4 is 0 Å². The van der Waals surface area contributed by atoms with E-state index < -0.39 is 0 Å². The average Bonchev–Trinajstić information content (AvgIpc) is 2.87. The molecule has 0 radical (unpaired) electrons. The van der Waals surface area contributed by atoms with Gasteiger partial charge in [0.15, 0.2) is 0 Å². The maximum atomic E-state index is 5.41. The minimum atomic E-state index is 0.246. The van der Waals surface area contributed by atoms with E-state index in [0.717, 1.165) is 0 Å². The molecule has 0 aromatic carbocycles. The van der Waals surface area contributed by atoms with Crippen molar-refractivity contribution in [1.29, 1.82) is 0 Å². The summed E-state index contributed by atoms with van der Waals surface area (Å²) in [6.45, 7) is 6.75. The Bertz CT molecular complexity index is 228. The van der Waals surface area contributed by atoms with Crippen LogP contribution in [0.2, 0.25) is 0 Å². The lowest BCUT2D eigenvalue weighted by atomic mass is 10.1. The third-order valence-corrected chi connectivity index (χ3v) is 2.49. The summed E-state index contributed by atoms with van der Waals surface area (Å²) in [6.07, 6.45) is 6.43. The molecule has 2 aliphatic heterocycles. The fourth-order valence-corrected chi connectivity index (χ4v) is 1.41. The molecule has 2 heterocycles. The van der Waals surface area contributed by atoms with Gasteiger partial charge in [-0.25, -0.2) is 0 Å². The Balaban J connectivity index is 1.99. The van der Waals surface area contributed by atoms with Gasteiger partial charge >= 0.3 is 0 Å². The van der Waals surface area contributed by atoms with Gasteiger partial charge in [-0.1, -0.05) is 6.08 Å². The van der Waals surface area contributed by atoms with Gasteiger partial charge in [0, 0.05) is 24.7 Å². The number of rotatable bonds is 2. The van der Waals surface area contributed by atoms with Crippen LogP contribution in [-0.4, -0.2) is 30.1 Å². The van der Waals surface area contributed by atoms with Crippen molar-refractivity contribution in [1.82, 2.24) is 4.90 Å². The molecule has 0 bridgehead atoms. The SMILES string of the molecule is CC1C=CC([C@@H](C)N2CC2)=CO1. The van der Waals surface area contributed by atoms with Crippen molar-refractivity contribution in [3.8, 4) is 0 Å². The summed E-state index contributed by atoms with van der Waals surface area (Å²) in [5, 5.41) is 0. The summed E-state index contributed by atoms with van der Waals surface area (Å²) in [5.41, 5.74) is 1.30. The van der Waals surface area contributed by atoms with Crippen LogP contribution >= 0.6 is 0 Å². The lowest BCUT2D eigenvalue weighted by molar-refractivity contribution is 0.194. The maximum absolute atomic E-state index is 5.41. The van der Waals surface area contributed by atoms with E-state index in [9.17, 15) is 0 Å². The molecule has 0 amide bonds. The molecular formula is C10H15NO. The van der Waals surface area contributed by atoms with Gasteiger partial charge in [-0.2, -0.15) is 0 Å². The largest absolute Gasteiger partial charge is 0.494 e. The van der Waals surface area contributed by atoms with E-state index in [1.165, 1.54) is 18.7 Å². The van der Waals surface area contributed by atoms with Crippen LogP contribution in [0.3, 0.4) is 0 Å². The summed E-state index contributed by atoms with van der Waals surface area (Å²) in [7, 11) is 0. The highest BCUT2D eigenvalue weighted by atomic mass is 16.5. The first kappa shape index (κ1) is 7.87. The molecule has 0 N–H and O–H groups in total. The first-order valence-corrected chi connectivity index (χ1v) is 4.55. The predicted octanol–water partition coefficient (Wildman–Crippen LogP) is 1.55. The molecule has 0 saturated carbocycles. The molecule has 12 heavy (non-hydrogen) atoms. The number of hydrogen-bond acceptors (Lipinski definition) is 2. The minimum absolute atomic E-state index is 0.246. The summed E-state index contributed by atoms with van der Waals surface area (Å²) in [6, 6.07) is 0.536. The second-order valence-corrected chi connectivity index (χ2v) is 3.53. The van der Waals surface area contributed by atoms with Crippen LogP contribution in [0.15, 0.2) is 24.0 Å². The summed E-state index contributed by atoms with van der Waals surface area (Å²) in [5.74, 6) is 0. The standard InChI is InChI=1S/C10H15NO/c1-8-3-4-10(7-12-8)9(2)11-5-6-11/h3-4,7-9H,5-6H2,1-2H3/t8?,9-/m1/s1. The van der Waals surface area contributed by atoms with Crippen molar-refractivity contribution < 1.29 is 4.74 Å². The Morgan fingerprint density at radius 3 is 2.83 bits per heavy atom. The molecule has 66 valence electrons. The molecule has 2 heteroatoms. The second-order valence-electron chi connectivity index (χ2n) is 3.53. The molecule has 2 rings (SSSR count). The zero-order valence-corrected chi connectivity index (χ0v) is 7.66. The van der Waals surface area contributed by atoms with Crippen molar-refractivity contribution in [3.63, 3.8) is 0 Å². The van der Waals surface area contributed by atoms with Crippen molar-refractivity contribution >= 4 is 0 Å². The first-order chi connectivity index (χ1) is 5.77. The van der Waals surface area contributed by atoms with Crippen molar-refractivity contribution in [2.24, 2.45) is 0 Å². The number of ether oxygens (including phenoxy) is 1. The Labute approximate surface area is 73.5 Å². The molecule has 2 atom stereocenters. The fourth-order valence-electron chi connectivity index (χ4n) is 1.41. The average molecular weight is 165 g/mol. The smallest absolute Gasteiger partial charge is 0.113 e. The zero-order chi connectivity index (χ0) is 8.55. The summed E-state index contributed by atoms with van der Waals surface area (Å²) >= 11 is 0. The maximum Gasteiger partial charge on any atom is 0.113 e. The molecule has 1 unspecified atom stereocenters. The summed E-state index contributed by atoms with van der Waals surface area (Å²) < 4.78 is 5.41. The zero-order valence-electron chi connectivity index (χ0n) is 7.66. The van der Waals surface area contributed by atoms with E-state index in [1.807, 2.05) is 13.2 Å². The van der Waals surface area contributed by atoms with E-state index in [2.05, 4.69) is 24.0 Å². The molecule has 0 spiro atoms. The van der Waals surface area contributed by atoms with Gasteiger partial charge in [0.1, 0.15) is 6.10 Å². The van der Waals surface area contributed by atoms with Gasteiger partial charge in [0.05, 0.1) is 6.26 Å². The number of nitrogens with zero attached hydrogens (tertiary/aromatic N) is 1. The highest BCUT2D eigenvalue weighted by Gasteiger charge is 2.26. The van der Waals surface area contributed by atoms with Crippen LogP contribution in [-0.2, 0) is 4.74 Å². The van der Waals surface area contributed by atoms with Gasteiger partial charge in [-0.05, 0) is 19.9 Å². The molecule has 0 aromatic rings. The van der Waals surface area contributed by atoms with E-state index in [4.69, 9.17) is 4.74 Å². The molecule has 2 aliphatic rings. The minimum Gasteiger partial charge on any atom is -0.494 e. The van der Waals surface area contributed by atoms with Gasteiger partial charge < -0.3 is 4.74 Å². The lowest BCUT2D eigenvalue weighted by Crippen LogP contribution is -2.19. The van der Waals surface area contributed by atoms with E-state index in [-0.39, 0.29) is 6.10 Å². The summed E-state index contributed by atoms with van der Waals surface area (Å²) in [4.78, 5) is 2.41. The van der Waals surface area contributed by atoms with Crippen LogP contribution in [0.5, 0.6) is 0 Å². The highest BCUT2D eigenvalue weighted by Crippen LogP contribution is 2.21. The Morgan fingerprint density at radius 2 is 2.33 bits per heavy atom. The first-order valence-electron chi connectivity index (χ1n) is 4.55. The topological polar surface area (TPSA) is 12.2 Å². The molecular weight excluding hydrogens is 150 g/mol. The molecule has 1 fully saturated rings. The van der Waals surface area contributed by atoms with E-state index in [1.54, 1.807) is 0 Å². The predicted molar refractivity (Wildman–Crippen MR) is 48.8 cm³/mol.